The minimum atomic E-state index is -0.488. The van der Waals surface area contributed by atoms with Crippen LogP contribution in [0.3, 0.4) is 0 Å². The maximum absolute atomic E-state index is 10.6. The van der Waals surface area contributed by atoms with Crippen molar-refractivity contribution in [3.05, 3.63) is 0 Å². The number of carbonyl (C=O) groups is 1. The number of rotatable bonds is 5. The molecule has 0 aliphatic carbocycles. The van der Waals surface area contributed by atoms with Crippen molar-refractivity contribution in [1.29, 1.82) is 10.8 Å². The van der Waals surface area contributed by atoms with Crippen LogP contribution in [0.4, 0.5) is 0 Å². The van der Waals surface area contributed by atoms with E-state index in [0.29, 0.717) is 17.7 Å². The number of aldehydes is 1. The molecule has 0 saturated heterocycles. The predicted octanol–water partition coefficient (Wildman–Crippen LogP) is -0.180. The third-order valence-corrected chi connectivity index (χ3v) is 1.61. The van der Waals surface area contributed by atoms with Crippen molar-refractivity contribution in [2.24, 2.45) is 16.6 Å². The lowest BCUT2D eigenvalue weighted by molar-refractivity contribution is -0.102. The second kappa shape index (κ2) is 6.52. The number of nitrogens with one attached hydrogen (secondary N) is 2. The normalized spacial score (nSPS) is 10.9. The largest absolute Gasteiger partial charge is 0.368 e. The minimum absolute atomic E-state index is 0.224. The van der Waals surface area contributed by atoms with Crippen LogP contribution in [0.15, 0.2) is 5.10 Å². The Labute approximate surface area is 88.1 Å². The van der Waals surface area contributed by atoms with Gasteiger partial charge in [-0.3, -0.25) is 15.6 Å². The Morgan fingerprint density at radius 2 is 1.93 bits per heavy atom. The summed E-state index contributed by atoms with van der Waals surface area (Å²) < 4.78 is 0. The van der Waals surface area contributed by atoms with Gasteiger partial charge in [0.05, 0.1) is 0 Å². The Hall–Kier alpha value is -1.92. The molecule has 0 fully saturated rings. The van der Waals surface area contributed by atoms with Crippen molar-refractivity contribution in [2.75, 3.05) is 0 Å². The molecule has 7 heteroatoms. The molecule has 7 nitrogen and oxygen atoms in total. The first kappa shape index (κ1) is 13.1. The first-order valence-corrected chi connectivity index (χ1v) is 4.53. The molecule has 0 radical (unpaired) electrons. The zero-order valence-electron chi connectivity index (χ0n) is 8.66. The lowest BCUT2D eigenvalue weighted by Gasteiger charge is -2.14. The highest BCUT2D eigenvalue weighted by molar-refractivity contribution is 6.28. The van der Waals surface area contributed by atoms with Gasteiger partial charge in [0, 0.05) is 0 Å². The van der Waals surface area contributed by atoms with Crippen LogP contribution in [0.25, 0.3) is 0 Å². The Kier molecular flexibility index (Phi) is 5.69. The van der Waals surface area contributed by atoms with E-state index >= 15 is 0 Å². The SMILES string of the molecule is CCCC/C(C=O)=N/N(C(=N)N)C(=N)N. The molecule has 0 bridgehead atoms. The van der Waals surface area contributed by atoms with Crippen molar-refractivity contribution in [3.63, 3.8) is 0 Å². The number of hydrazone groups is 1. The zero-order chi connectivity index (χ0) is 11.8. The number of guanidine groups is 2. The topological polar surface area (TPSA) is 132 Å². The first-order valence-electron chi connectivity index (χ1n) is 4.53. The van der Waals surface area contributed by atoms with E-state index in [1.54, 1.807) is 0 Å². The summed E-state index contributed by atoms with van der Waals surface area (Å²) >= 11 is 0. The van der Waals surface area contributed by atoms with Crippen LogP contribution in [-0.2, 0) is 4.79 Å². The van der Waals surface area contributed by atoms with E-state index in [2.05, 4.69) is 5.10 Å². The fraction of sp³-hybridized carbons (Fsp3) is 0.500. The molecule has 0 aliphatic heterocycles. The van der Waals surface area contributed by atoms with Gasteiger partial charge in [-0.15, -0.1) is 0 Å². The van der Waals surface area contributed by atoms with Gasteiger partial charge in [0.25, 0.3) is 0 Å². The van der Waals surface area contributed by atoms with Crippen molar-refractivity contribution in [1.82, 2.24) is 5.01 Å². The van der Waals surface area contributed by atoms with Crippen molar-refractivity contribution >= 4 is 23.9 Å². The van der Waals surface area contributed by atoms with Crippen LogP contribution in [0.1, 0.15) is 26.2 Å². The van der Waals surface area contributed by atoms with Gasteiger partial charge in [0.15, 0.2) is 6.29 Å². The number of unbranched alkanes of at least 4 members (excludes halogenated alkanes) is 1. The summed E-state index contributed by atoms with van der Waals surface area (Å²) in [5.74, 6) is -0.975. The molecule has 0 unspecified atom stereocenters. The van der Waals surface area contributed by atoms with Gasteiger partial charge < -0.3 is 11.5 Å². The molecular formula is C8H16N6O. The molecule has 0 aromatic rings. The van der Waals surface area contributed by atoms with Crippen LogP contribution in [0, 0.1) is 10.8 Å². The molecule has 0 heterocycles. The van der Waals surface area contributed by atoms with Crippen LogP contribution in [0.2, 0.25) is 0 Å². The van der Waals surface area contributed by atoms with E-state index in [9.17, 15) is 4.79 Å². The fourth-order valence-electron chi connectivity index (χ4n) is 0.856. The highest BCUT2D eigenvalue weighted by atomic mass is 16.1. The van der Waals surface area contributed by atoms with Crippen LogP contribution < -0.4 is 11.5 Å². The Morgan fingerprint density at radius 3 is 2.27 bits per heavy atom. The van der Waals surface area contributed by atoms with E-state index in [4.69, 9.17) is 22.3 Å². The number of carbonyl (C=O) groups excluding carboxylic acids is 1. The van der Waals surface area contributed by atoms with E-state index in [-0.39, 0.29) is 5.71 Å². The predicted molar refractivity (Wildman–Crippen MR) is 58.7 cm³/mol. The van der Waals surface area contributed by atoms with Crippen LogP contribution >= 0.6 is 0 Å². The second-order valence-electron chi connectivity index (χ2n) is 2.90. The number of nitrogens with two attached hydrogens (primary N) is 2. The number of hydrogen-bond acceptors (Lipinski definition) is 4. The molecule has 6 N–H and O–H groups in total. The summed E-state index contributed by atoms with van der Waals surface area (Å²) in [7, 11) is 0. The molecule has 84 valence electrons. The number of nitrogens with zero attached hydrogens (tertiary/aromatic N) is 2. The summed E-state index contributed by atoms with van der Waals surface area (Å²) in [6, 6.07) is 0. The van der Waals surface area contributed by atoms with Gasteiger partial charge in [-0.2, -0.15) is 10.1 Å². The quantitative estimate of drug-likeness (QED) is 0.218. The average Bonchev–Trinajstić information content (AvgIpc) is 2.17. The lowest BCUT2D eigenvalue weighted by Crippen LogP contribution is -2.42. The van der Waals surface area contributed by atoms with Crippen molar-refractivity contribution in [2.45, 2.75) is 26.2 Å². The van der Waals surface area contributed by atoms with E-state index in [1.165, 1.54) is 0 Å². The highest BCUT2D eigenvalue weighted by Crippen LogP contribution is 1.98. The zero-order valence-corrected chi connectivity index (χ0v) is 8.66. The summed E-state index contributed by atoms with van der Waals surface area (Å²) in [6.45, 7) is 1.98. The summed E-state index contributed by atoms with van der Waals surface area (Å²) in [5, 5.41) is 18.6. The highest BCUT2D eigenvalue weighted by Gasteiger charge is 2.09. The van der Waals surface area contributed by atoms with Gasteiger partial charge in [-0.05, 0) is 12.8 Å². The third kappa shape index (κ3) is 4.75. The first-order chi connectivity index (χ1) is 7.02. The average molecular weight is 212 g/mol. The van der Waals surface area contributed by atoms with Gasteiger partial charge in [0.2, 0.25) is 11.9 Å². The molecule has 0 atom stereocenters. The van der Waals surface area contributed by atoms with Gasteiger partial charge >= 0.3 is 0 Å². The second-order valence-corrected chi connectivity index (χ2v) is 2.90. The molecule has 0 rings (SSSR count). The smallest absolute Gasteiger partial charge is 0.216 e. The Morgan fingerprint density at radius 1 is 1.40 bits per heavy atom. The van der Waals surface area contributed by atoms with Crippen LogP contribution in [0.5, 0.6) is 0 Å². The van der Waals surface area contributed by atoms with Crippen LogP contribution in [-0.4, -0.2) is 28.9 Å². The lowest BCUT2D eigenvalue weighted by atomic mass is 10.2. The molecule has 0 aliphatic rings. The summed E-state index contributed by atoms with van der Waals surface area (Å²) in [6.07, 6.45) is 2.79. The standard InChI is InChI=1S/C8H16N6O/c1-2-3-4-6(5-15)13-14(7(9)10)8(11)12/h5H,2-4H2,1H3,(H3,9,10)(H3,11,12)/b13-6-. The van der Waals surface area contributed by atoms with Gasteiger partial charge in [-0.25, -0.2) is 0 Å². The molecular weight excluding hydrogens is 196 g/mol. The molecule has 0 spiro atoms. The monoisotopic (exact) mass is 212 g/mol. The molecule has 0 aromatic carbocycles. The van der Waals surface area contributed by atoms with Gasteiger partial charge in [0.1, 0.15) is 5.71 Å². The summed E-state index contributed by atoms with van der Waals surface area (Å²) in [4.78, 5) is 10.6. The van der Waals surface area contributed by atoms with E-state index in [0.717, 1.165) is 12.8 Å². The molecule has 15 heavy (non-hydrogen) atoms. The van der Waals surface area contributed by atoms with Crippen molar-refractivity contribution in [3.8, 4) is 0 Å². The Bertz CT molecular complexity index is 271. The van der Waals surface area contributed by atoms with E-state index < -0.39 is 11.9 Å². The maximum Gasteiger partial charge on any atom is 0.216 e. The molecule has 0 saturated carbocycles. The minimum Gasteiger partial charge on any atom is -0.368 e. The van der Waals surface area contributed by atoms with E-state index in [1.807, 2.05) is 6.92 Å². The molecule has 0 aromatic heterocycles. The Balaban J connectivity index is 4.68. The summed E-state index contributed by atoms with van der Waals surface area (Å²) in [5.41, 5.74) is 10.5. The third-order valence-electron chi connectivity index (χ3n) is 1.61. The number of hydrogen-bond donors (Lipinski definition) is 4. The van der Waals surface area contributed by atoms with Gasteiger partial charge in [-0.1, -0.05) is 13.3 Å². The van der Waals surface area contributed by atoms with Crippen molar-refractivity contribution < 1.29 is 4.79 Å². The maximum atomic E-state index is 10.6. The molecule has 0 amide bonds. The fourth-order valence-corrected chi connectivity index (χ4v) is 0.856.